The third-order valence-electron chi connectivity index (χ3n) is 2.21. The van der Waals surface area contributed by atoms with Crippen LogP contribution in [0.3, 0.4) is 0 Å². The maximum absolute atomic E-state index is 10.0. The molecule has 0 aromatic heterocycles. The highest BCUT2D eigenvalue weighted by Crippen LogP contribution is 2.08. The van der Waals surface area contributed by atoms with Crippen LogP contribution in [0.1, 0.15) is 58.3 Å². The number of hydrogen-bond donors (Lipinski definition) is 0. The molecular weight excluding hydrogens is 198 g/mol. The standard InChI is InChI=1S/C10H21NO2S/c1-2-3-4-5-6-7-8-9-10-11-14(12)13/h2-10H2,1H3. The third-order valence-corrected chi connectivity index (χ3v) is 2.60. The molecule has 0 unspecified atom stereocenters. The fourth-order valence-electron chi connectivity index (χ4n) is 1.38. The molecule has 3 nitrogen and oxygen atoms in total. The molecule has 0 heterocycles. The van der Waals surface area contributed by atoms with Crippen molar-refractivity contribution in [2.24, 2.45) is 4.36 Å². The minimum Gasteiger partial charge on any atom is -0.172 e. The van der Waals surface area contributed by atoms with E-state index in [1.54, 1.807) is 0 Å². The molecule has 0 N–H and O–H groups in total. The molecule has 0 fully saturated rings. The summed E-state index contributed by atoms with van der Waals surface area (Å²) in [7, 11) is -2.20. The summed E-state index contributed by atoms with van der Waals surface area (Å²) in [5, 5.41) is 0. The summed E-state index contributed by atoms with van der Waals surface area (Å²) in [6.07, 6.45) is 9.78. The molecule has 0 aliphatic heterocycles. The average molecular weight is 219 g/mol. The van der Waals surface area contributed by atoms with E-state index in [4.69, 9.17) is 0 Å². The second kappa shape index (κ2) is 10.7. The van der Waals surface area contributed by atoms with Gasteiger partial charge < -0.3 is 0 Å². The van der Waals surface area contributed by atoms with Crippen molar-refractivity contribution in [1.82, 2.24) is 0 Å². The predicted molar refractivity (Wildman–Crippen MR) is 58.8 cm³/mol. The van der Waals surface area contributed by atoms with Crippen molar-refractivity contribution in [1.29, 1.82) is 0 Å². The lowest BCUT2D eigenvalue weighted by atomic mass is 10.1. The minimum atomic E-state index is -2.20. The second-order valence-electron chi connectivity index (χ2n) is 3.54. The molecule has 14 heavy (non-hydrogen) atoms. The van der Waals surface area contributed by atoms with Crippen molar-refractivity contribution in [3.8, 4) is 0 Å². The largest absolute Gasteiger partial charge is 0.311 e. The SMILES string of the molecule is CCCCCCCCCCN=S(=O)=O. The van der Waals surface area contributed by atoms with Gasteiger partial charge in [-0.1, -0.05) is 51.9 Å². The first-order valence-electron chi connectivity index (χ1n) is 5.54. The Labute approximate surface area is 88.6 Å². The Morgan fingerprint density at radius 1 is 0.857 bits per heavy atom. The molecular formula is C10H21NO2S. The molecule has 0 radical (unpaired) electrons. The summed E-state index contributed by atoms with van der Waals surface area (Å²) in [6, 6.07) is 0. The highest BCUT2D eigenvalue weighted by molar-refractivity contribution is 7.61. The molecule has 0 amide bonds. The lowest BCUT2D eigenvalue weighted by molar-refractivity contribution is 0.577. The Morgan fingerprint density at radius 3 is 1.86 bits per heavy atom. The van der Waals surface area contributed by atoms with Gasteiger partial charge in [-0.3, -0.25) is 0 Å². The van der Waals surface area contributed by atoms with Gasteiger partial charge in [0.25, 0.3) is 0 Å². The maximum atomic E-state index is 10.0. The Morgan fingerprint density at radius 2 is 1.36 bits per heavy atom. The van der Waals surface area contributed by atoms with Crippen LogP contribution in [-0.4, -0.2) is 15.0 Å². The number of nitrogens with zero attached hydrogens (tertiary/aromatic N) is 1. The van der Waals surface area contributed by atoms with Crippen LogP contribution in [0.5, 0.6) is 0 Å². The van der Waals surface area contributed by atoms with Gasteiger partial charge >= 0.3 is 10.5 Å². The van der Waals surface area contributed by atoms with Crippen LogP contribution in [0.15, 0.2) is 4.36 Å². The van der Waals surface area contributed by atoms with Crippen molar-refractivity contribution in [2.45, 2.75) is 58.3 Å². The van der Waals surface area contributed by atoms with Crippen molar-refractivity contribution < 1.29 is 8.42 Å². The molecule has 0 aromatic rings. The van der Waals surface area contributed by atoms with Gasteiger partial charge in [0.15, 0.2) is 0 Å². The third kappa shape index (κ3) is 11.6. The van der Waals surface area contributed by atoms with Crippen LogP contribution in [0.4, 0.5) is 0 Å². The van der Waals surface area contributed by atoms with Gasteiger partial charge in [0.2, 0.25) is 0 Å². The van der Waals surface area contributed by atoms with Crippen molar-refractivity contribution in [2.75, 3.05) is 6.54 Å². The molecule has 84 valence electrons. The van der Waals surface area contributed by atoms with Crippen LogP contribution in [0.2, 0.25) is 0 Å². The second-order valence-corrected chi connectivity index (χ2v) is 4.24. The average Bonchev–Trinajstić information content (AvgIpc) is 2.15. The van der Waals surface area contributed by atoms with Gasteiger partial charge in [0.1, 0.15) is 0 Å². The minimum absolute atomic E-state index is 0.463. The first-order chi connectivity index (χ1) is 6.77. The smallest absolute Gasteiger partial charge is 0.172 e. The highest BCUT2D eigenvalue weighted by Gasteiger charge is 1.90. The van der Waals surface area contributed by atoms with E-state index in [1.807, 2.05) is 0 Å². The fourth-order valence-corrected chi connectivity index (χ4v) is 1.66. The van der Waals surface area contributed by atoms with E-state index in [0.29, 0.717) is 6.54 Å². The monoisotopic (exact) mass is 219 g/mol. The summed E-state index contributed by atoms with van der Waals surface area (Å²) in [5.74, 6) is 0. The van der Waals surface area contributed by atoms with Gasteiger partial charge in [0, 0.05) is 0 Å². The van der Waals surface area contributed by atoms with Gasteiger partial charge in [-0.15, -0.1) is 0 Å². The lowest BCUT2D eigenvalue weighted by Gasteiger charge is -1.98. The van der Waals surface area contributed by atoms with E-state index < -0.39 is 10.5 Å². The van der Waals surface area contributed by atoms with E-state index in [1.165, 1.54) is 38.5 Å². The predicted octanol–water partition coefficient (Wildman–Crippen LogP) is 3.19. The molecule has 0 saturated carbocycles. The highest BCUT2D eigenvalue weighted by atomic mass is 32.2. The molecule has 0 aliphatic carbocycles. The fraction of sp³-hybridized carbons (Fsp3) is 1.00. The summed E-state index contributed by atoms with van der Waals surface area (Å²) in [5.41, 5.74) is 0. The van der Waals surface area contributed by atoms with Crippen LogP contribution in [0, 0.1) is 0 Å². The van der Waals surface area contributed by atoms with Gasteiger partial charge in [0.05, 0.1) is 6.54 Å². The zero-order valence-electron chi connectivity index (χ0n) is 9.04. The normalized spacial score (nSPS) is 10.1. The van der Waals surface area contributed by atoms with E-state index in [0.717, 1.165) is 12.8 Å². The van der Waals surface area contributed by atoms with E-state index >= 15 is 0 Å². The molecule has 0 aromatic carbocycles. The Kier molecular flexibility index (Phi) is 10.4. The first-order valence-corrected chi connectivity index (χ1v) is 6.57. The Hall–Kier alpha value is -0.380. The molecule has 0 saturated heterocycles. The number of unbranched alkanes of at least 4 members (excludes halogenated alkanes) is 7. The summed E-state index contributed by atoms with van der Waals surface area (Å²) in [6.45, 7) is 2.68. The maximum Gasteiger partial charge on any atom is 0.311 e. The van der Waals surface area contributed by atoms with E-state index in [2.05, 4.69) is 11.3 Å². The van der Waals surface area contributed by atoms with Gasteiger partial charge in [-0.2, -0.15) is 12.8 Å². The quantitative estimate of drug-likeness (QED) is 0.559. The molecule has 0 aliphatic rings. The molecule has 4 heteroatoms. The van der Waals surface area contributed by atoms with Gasteiger partial charge in [-0.25, -0.2) is 0 Å². The van der Waals surface area contributed by atoms with E-state index in [-0.39, 0.29) is 0 Å². The van der Waals surface area contributed by atoms with Crippen LogP contribution in [-0.2, 0) is 10.5 Å². The van der Waals surface area contributed by atoms with Crippen molar-refractivity contribution >= 4 is 10.5 Å². The summed E-state index contributed by atoms with van der Waals surface area (Å²) >= 11 is 0. The number of hydrogen-bond acceptors (Lipinski definition) is 3. The Bertz CT molecular complexity index is 227. The van der Waals surface area contributed by atoms with Crippen LogP contribution in [0.25, 0.3) is 0 Å². The summed E-state index contributed by atoms with van der Waals surface area (Å²) < 4.78 is 23.5. The first kappa shape index (κ1) is 13.6. The Balaban J connectivity index is 3.03. The summed E-state index contributed by atoms with van der Waals surface area (Å²) in [4.78, 5) is 0. The number of rotatable bonds is 9. The topological polar surface area (TPSA) is 46.5 Å². The molecule has 0 spiro atoms. The molecule has 0 rings (SSSR count). The van der Waals surface area contributed by atoms with E-state index in [9.17, 15) is 8.42 Å². The lowest BCUT2D eigenvalue weighted by Crippen LogP contribution is -1.83. The zero-order chi connectivity index (χ0) is 10.6. The van der Waals surface area contributed by atoms with Crippen molar-refractivity contribution in [3.05, 3.63) is 0 Å². The van der Waals surface area contributed by atoms with Crippen molar-refractivity contribution in [3.63, 3.8) is 0 Å². The van der Waals surface area contributed by atoms with Crippen LogP contribution >= 0.6 is 0 Å². The molecule has 0 bridgehead atoms. The van der Waals surface area contributed by atoms with Crippen LogP contribution < -0.4 is 0 Å². The zero-order valence-corrected chi connectivity index (χ0v) is 9.85. The molecule has 0 atom stereocenters. The van der Waals surface area contributed by atoms with Gasteiger partial charge in [-0.05, 0) is 6.42 Å².